The van der Waals surface area contributed by atoms with Crippen LogP contribution in [0.5, 0.6) is 0 Å². The van der Waals surface area contributed by atoms with E-state index in [4.69, 9.17) is 0 Å². The second kappa shape index (κ2) is 6.52. The lowest BCUT2D eigenvalue weighted by molar-refractivity contribution is -0.141. The van der Waals surface area contributed by atoms with Crippen LogP contribution in [0.25, 0.3) is 0 Å². The standard InChI is InChI=1S/C13H24N2O/c1-6-9-15(11(4)5)12(16)13(7-2,8-3)10-14/h11H,6-9H2,1-5H3. The molecule has 0 aliphatic heterocycles. The number of rotatable bonds is 6. The molecule has 0 aromatic carbocycles. The lowest BCUT2D eigenvalue weighted by atomic mass is 9.82. The minimum absolute atomic E-state index is 0.00292. The van der Waals surface area contributed by atoms with E-state index in [1.807, 2.05) is 32.6 Å². The minimum atomic E-state index is -0.820. The van der Waals surface area contributed by atoms with Crippen molar-refractivity contribution < 1.29 is 4.79 Å². The summed E-state index contributed by atoms with van der Waals surface area (Å²) in [5.74, 6) is -0.00292. The molecule has 1 amide bonds. The lowest BCUT2D eigenvalue weighted by Gasteiger charge is -2.33. The summed E-state index contributed by atoms with van der Waals surface area (Å²) in [4.78, 5) is 14.2. The van der Waals surface area contributed by atoms with Gasteiger partial charge in [-0.15, -0.1) is 0 Å². The predicted molar refractivity (Wildman–Crippen MR) is 65.8 cm³/mol. The molecule has 0 spiro atoms. The van der Waals surface area contributed by atoms with E-state index in [9.17, 15) is 10.1 Å². The van der Waals surface area contributed by atoms with Crippen molar-refractivity contribution in [2.75, 3.05) is 6.54 Å². The Morgan fingerprint density at radius 2 is 1.81 bits per heavy atom. The van der Waals surface area contributed by atoms with Gasteiger partial charge in [-0.25, -0.2) is 0 Å². The molecule has 0 atom stereocenters. The van der Waals surface area contributed by atoms with E-state index in [1.165, 1.54) is 0 Å². The first kappa shape index (κ1) is 15.0. The molecule has 0 radical (unpaired) electrons. The molecule has 0 rings (SSSR count). The molecule has 3 heteroatoms. The highest BCUT2D eigenvalue weighted by Crippen LogP contribution is 2.29. The molecular formula is C13H24N2O. The summed E-state index contributed by atoms with van der Waals surface area (Å²) >= 11 is 0. The van der Waals surface area contributed by atoms with E-state index >= 15 is 0 Å². The molecule has 0 heterocycles. The molecule has 0 aromatic rings. The zero-order valence-corrected chi connectivity index (χ0v) is 11.2. The van der Waals surface area contributed by atoms with Crippen molar-refractivity contribution in [2.24, 2.45) is 5.41 Å². The Bertz CT molecular complexity index is 262. The number of carbonyl (C=O) groups is 1. The predicted octanol–water partition coefficient (Wildman–Crippen LogP) is 2.96. The maximum absolute atomic E-state index is 12.4. The minimum Gasteiger partial charge on any atom is -0.339 e. The first-order valence-corrected chi connectivity index (χ1v) is 6.21. The van der Waals surface area contributed by atoms with E-state index < -0.39 is 5.41 Å². The number of hydrogen-bond donors (Lipinski definition) is 0. The van der Waals surface area contributed by atoms with E-state index in [2.05, 4.69) is 13.0 Å². The van der Waals surface area contributed by atoms with Crippen molar-refractivity contribution in [3.05, 3.63) is 0 Å². The maximum Gasteiger partial charge on any atom is 0.243 e. The summed E-state index contributed by atoms with van der Waals surface area (Å²) in [7, 11) is 0. The first-order valence-electron chi connectivity index (χ1n) is 6.21. The van der Waals surface area contributed by atoms with Gasteiger partial charge < -0.3 is 4.90 Å². The number of nitriles is 1. The van der Waals surface area contributed by atoms with E-state index in [0.717, 1.165) is 13.0 Å². The monoisotopic (exact) mass is 224 g/mol. The van der Waals surface area contributed by atoms with Crippen molar-refractivity contribution in [2.45, 2.75) is 59.9 Å². The SMILES string of the molecule is CCCN(C(=O)C(C#N)(CC)CC)C(C)C. The van der Waals surface area contributed by atoms with Gasteiger partial charge in [0.05, 0.1) is 6.07 Å². The first-order chi connectivity index (χ1) is 7.48. The Hall–Kier alpha value is -1.04. The van der Waals surface area contributed by atoms with Gasteiger partial charge in [-0.3, -0.25) is 4.79 Å². The Balaban J connectivity index is 5.04. The summed E-state index contributed by atoms with van der Waals surface area (Å²) in [5.41, 5.74) is -0.820. The molecule has 0 fully saturated rings. The molecule has 0 aromatic heterocycles. The Labute approximate surface area is 99.4 Å². The molecule has 92 valence electrons. The second-order valence-corrected chi connectivity index (χ2v) is 4.49. The molecule has 0 N–H and O–H groups in total. The third kappa shape index (κ3) is 2.98. The third-order valence-corrected chi connectivity index (χ3v) is 3.18. The van der Waals surface area contributed by atoms with Gasteiger partial charge in [0.1, 0.15) is 5.41 Å². The van der Waals surface area contributed by atoms with Crippen LogP contribution >= 0.6 is 0 Å². The van der Waals surface area contributed by atoms with Gasteiger partial charge in [0.25, 0.3) is 0 Å². The van der Waals surface area contributed by atoms with Crippen molar-refractivity contribution >= 4 is 5.91 Å². The normalized spacial score (nSPS) is 11.3. The summed E-state index contributed by atoms with van der Waals surface area (Å²) in [6.07, 6.45) is 2.11. The Kier molecular flexibility index (Phi) is 6.10. The summed E-state index contributed by atoms with van der Waals surface area (Å²) < 4.78 is 0. The summed E-state index contributed by atoms with van der Waals surface area (Å²) in [5, 5.41) is 9.25. The van der Waals surface area contributed by atoms with E-state index in [-0.39, 0.29) is 11.9 Å². The number of amides is 1. The van der Waals surface area contributed by atoms with Gasteiger partial charge in [0.2, 0.25) is 5.91 Å². The van der Waals surface area contributed by atoms with Crippen LogP contribution in [0.2, 0.25) is 0 Å². The highest BCUT2D eigenvalue weighted by atomic mass is 16.2. The molecule has 0 aliphatic carbocycles. The van der Waals surface area contributed by atoms with Crippen LogP contribution in [0.3, 0.4) is 0 Å². The molecule has 3 nitrogen and oxygen atoms in total. The van der Waals surface area contributed by atoms with Gasteiger partial charge in [-0.1, -0.05) is 20.8 Å². The largest absolute Gasteiger partial charge is 0.339 e. The van der Waals surface area contributed by atoms with Crippen molar-refractivity contribution in [3.63, 3.8) is 0 Å². The Morgan fingerprint density at radius 3 is 2.06 bits per heavy atom. The Morgan fingerprint density at radius 1 is 1.31 bits per heavy atom. The third-order valence-electron chi connectivity index (χ3n) is 3.18. The van der Waals surface area contributed by atoms with Crippen molar-refractivity contribution in [1.29, 1.82) is 5.26 Å². The summed E-state index contributed by atoms with van der Waals surface area (Å²) in [6.45, 7) is 10.6. The highest BCUT2D eigenvalue weighted by Gasteiger charge is 2.38. The fraction of sp³-hybridized carbons (Fsp3) is 0.846. The van der Waals surface area contributed by atoms with E-state index in [0.29, 0.717) is 12.8 Å². The van der Waals surface area contributed by atoms with Crippen molar-refractivity contribution in [3.8, 4) is 6.07 Å². The molecule has 0 unspecified atom stereocenters. The second-order valence-electron chi connectivity index (χ2n) is 4.49. The average Bonchev–Trinajstić information content (AvgIpc) is 2.28. The van der Waals surface area contributed by atoms with Gasteiger partial charge in [0.15, 0.2) is 0 Å². The van der Waals surface area contributed by atoms with Gasteiger partial charge >= 0.3 is 0 Å². The van der Waals surface area contributed by atoms with Crippen LogP contribution in [0.1, 0.15) is 53.9 Å². The molecule has 0 saturated heterocycles. The topological polar surface area (TPSA) is 44.1 Å². The number of nitrogens with zero attached hydrogens (tertiary/aromatic N) is 2. The smallest absolute Gasteiger partial charge is 0.243 e. The van der Waals surface area contributed by atoms with Gasteiger partial charge in [-0.2, -0.15) is 5.26 Å². The fourth-order valence-corrected chi connectivity index (χ4v) is 1.87. The van der Waals surface area contributed by atoms with Crippen LogP contribution in [0, 0.1) is 16.7 Å². The molecule has 0 saturated carbocycles. The highest BCUT2D eigenvalue weighted by molar-refractivity contribution is 5.85. The van der Waals surface area contributed by atoms with Crippen LogP contribution in [0.4, 0.5) is 0 Å². The zero-order valence-electron chi connectivity index (χ0n) is 11.2. The zero-order chi connectivity index (χ0) is 12.8. The van der Waals surface area contributed by atoms with E-state index in [1.54, 1.807) is 0 Å². The number of carbonyl (C=O) groups excluding carboxylic acids is 1. The van der Waals surface area contributed by atoms with Crippen LogP contribution in [0.15, 0.2) is 0 Å². The fourth-order valence-electron chi connectivity index (χ4n) is 1.87. The molecule has 16 heavy (non-hydrogen) atoms. The van der Waals surface area contributed by atoms with Crippen LogP contribution in [-0.2, 0) is 4.79 Å². The molecule has 0 aliphatic rings. The summed E-state index contributed by atoms with van der Waals surface area (Å²) in [6, 6.07) is 2.38. The van der Waals surface area contributed by atoms with Gasteiger partial charge in [-0.05, 0) is 33.1 Å². The quantitative estimate of drug-likeness (QED) is 0.696. The lowest BCUT2D eigenvalue weighted by Crippen LogP contribution is -2.46. The van der Waals surface area contributed by atoms with Crippen LogP contribution in [-0.4, -0.2) is 23.4 Å². The average molecular weight is 224 g/mol. The van der Waals surface area contributed by atoms with Crippen molar-refractivity contribution in [1.82, 2.24) is 4.90 Å². The molecular weight excluding hydrogens is 200 g/mol. The number of hydrogen-bond acceptors (Lipinski definition) is 2. The maximum atomic E-state index is 12.4. The van der Waals surface area contributed by atoms with Gasteiger partial charge in [0, 0.05) is 12.6 Å². The molecule has 0 bridgehead atoms. The van der Waals surface area contributed by atoms with Crippen LogP contribution < -0.4 is 0 Å².